The van der Waals surface area contributed by atoms with Crippen LogP contribution in [0.5, 0.6) is 0 Å². The highest BCUT2D eigenvalue weighted by atomic mass is 32.2. The summed E-state index contributed by atoms with van der Waals surface area (Å²) in [5.41, 5.74) is 2.14. The van der Waals surface area contributed by atoms with Crippen LogP contribution in [0.3, 0.4) is 0 Å². The highest BCUT2D eigenvalue weighted by Gasteiger charge is 2.25. The molecule has 0 bridgehead atoms. The monoisotopic (exact) mass is 334 g/mol. The zero-order valence-corrected chi connectivity index (χ0v) is 14.8. The molecule has 0 unspecified atom stereocenters. The molecule has 0 saturated carbocycles. The largest absolute Gasteiger partial charge is 0.273 e. The van der Waals surface area contributed by atoms with Gasteiger partial charge in [0.15, 0.2) is 0 Å². The van der Waals surface area contributed by atoms with Crippen LogP contribution in [0.4, 0.5) is 5.69 Å². The fourth-order valence-electron chi connectivity index (χ4n) is 2.48. The highest BCUT2D eigenvalue weighted by Crippen LogP contribution is 2.33. The fourth-order valence-corrected chi connectivity index (χ4v) is 4.60. The maximum atomic E-state index is 12.3. The van der Waals surface area contributed by atoms with E-state index in [4.69, 9.17) is 0 Å². The number of rotatable bonds is 5. The molecule has 0 heterocycles. The molecule has 1 aromatic carbocycles. The van der Waals surface area contributed by atoms with Crippen molar-refractivity contribution in [3.05, 3.63) is 22.8 Å². The zero-order chi connectivity index (χ0) is 16.6. The molecule has 1 N–H and O–H groups in total. The first-order chi connectivity index (χ1) is 9.43. The molecule has 0 aliphatic rings. The lowest BCUT2D eigenvalue weighted by molar-refractivity contribution is 0.582. The van der Waals surface area contributed by atoms with Crippen molar-refractivity contribution < 1.29 is 16.8 Å². The van der Waals surface area contributed by atoms with Gasteiger partial charge in [-0.2, -0.15) is 0 Å². The highest BCUT2D eigenvalue weighted by molar-refractivity contribution is 7.92. The number of nitrogens with zero attached hydrogens (tertiary/aromatic N) is 1. The van der Waals surface area contributed by atoms with Crippen LogP contribution in [0.1, 0.15) is 23.6 Å². The van der Waals surface area contributed by atoms with Crippen molar-refractivity contribution in [2.45, 2.75) is 32.6 Å². The first kappa shape index (κ1) is 17.9. The van der Waals surface area contributed by atoms with Gasteiger partial charge in [-0.15, -0.1) is 0 Å². The number of hydrogen-bond acceptors (Lipinski definition) is 4. The van der Waals surface area contributed by atoms with Gasteiger partial charge in [-0.1, -0.05) is 13.0 Å². The maximum absolute atomic E-state index is 12.3. The number of hydrogen-bond donors (Lipinski definition) is 1. The average molecular weight is 334 g/mol. The lowest BCUT2D eigenvalue weighted by Gasteiger charge is -2.24. The number of aryl methyl sites for hydroxylation is 2. The third-order valence-electron chi connectivity index (χ3n) is 3.28. The predicted octanol–water partition coefficient (Wildman–Crippen LogP) is 1.31. The summed E-state index contributed by atoms with van der Waals surface area (Å²) >= 11 is 0. The van der Waals surface area contributed by atoms with Crippen molar-refractivity contribution in [2.24, 2.45) is 0 Å². The van der Waals surface area contributed by atoms with Crippen LogP contribution in [0.25, 0.3) is 0 Å². The van der Waals surface area contributed by atoms with Gasteiger partial charge in [0.1, 0.15) is 0 Å². The Morgan fingerprint density at radius 1 is 1.10 bits per heavy atom. The topological polar surface area (TPSA) is 83.6 Å². The van der Waals surface area contributed by atoms with E-state index < -0.39 is 20.0 Å². The van der Waals surface area contributed by atoms with Crippen LogP contribution in [0.2, 0.25) is 0 Å². The fraction of sp³-hybridized carbons (Fsp3) is 0.538. The van der Waals surface area contributed by atoms with Gasteiger partial charge in [0, 0.05) is 13.6 Å². The minimum atomic E-state index is -3.66. The van der Waals surface area contributed by atoms with Crippen LogP contribution in [-0.2, 0) is 20.0 Å². The SMILES string of the molecule is CCNS(=O)(=O)c1c(C)cc(C)c(N(C)S(C)(=O)=O)c1C. The molecule has 0 spiro atoms. The van der Waals surface area contributed by atoms with Crippen molar-refractivity contribution in [1.82, 2.24) is 4.72 Å². The Morgan fingerprint density at radius 2 is 1.62 bits per heavy atom. The molecule has 0 fully saturated rings. The number of nitrogens with one attached hydrogen (secondary N) is 1. The van der Waals surface area contributed by atoms with Gasteiger partial charge in [0.05, 0.1) is 16.8 Å². The summed E-state index contributed by atoms with van der Waals surface area (Å²) in [6.07, 6.45) is 1.09. The summed E-state index contributed by atoms with van der Waals surface area (Å²) in [5.74, 6) is 0. The maximum Gasteiger partial charge on any atom is 0.241 e. The number of sulfonamides is 2. The normalized spacial score (nSPS) is 12.5. The second-order valence-corrected chi connectivity index (χ2v) is 8.76. The minimum absolute atomic E-state index is 0.139. The van der Waals surface area contributed by atoms with E-state index >= 15 is 0 Å². The van der Waals surface area contributed by atoms with Gasteiger partial charge in [0.2, 0.25) is 20.0 Å². The van der Waals surface area contributed by atoms with E-state index in [1.54, 1.807) is 33.8 Å². The van der Waals surface area contributed by atoms with E-state index in [9.17, 15) is 16.8 Å². The second kappa shape index (κ2) is 5.94. The summed E-state index contributed by atoms with van der Waals surface area (Å²) in [7, 11) is -5.71. The van der Waals surface area contributed by atoms with Gasteiger partial charge >= 0.3 is 0 Å². The van der Waals surface area contributed by atoms with Crippen LogP contribution < -0.4 is 9.03 Å². The van der Waals surface area contributed by atoms with Crippen molar-refractivity contribution in [1.29, 1.82) is 0 Å². The molecule has 21 heavy (non-hydrogen) atoms. The Balaban J connectivity index is 3.73. The smallest absolute Gasteiger partial charge is 0.241 e. The summed E-state index contributed by atoms with van der Waals surface area (Å²) in [5, 5.41) is 0. The Labute approximate surface area is 127 Å². The lowest BCUT2D eigenvalue weighted by atomic mass is 10.1. The summed E-state index contributed by atoms with van der Waals surface area (Å²) in [4.78, 5) is 0.139. The predicted molar refractivity (Wildman–Crippen MR) is 84.8 cm³/mol. The molecule has 1 rings (SSSR count). The van der Waals surface area contributed by atoms with E-state index in [0.29, 0.717) is 22.4 Å². The van der Waals surface area contributed by atoms with Crippen molar-refractivity contribution >= 4 is 25.7 Å². The molecule has 0 amide bonds. The molecule has 8 heteroatoms. The van der Waals surface area contributed by atoms with Crippen LogP contribution in [-0.4, -0.2) is 36.7 Å². The Bertz CT molecular complexity index is 753. The van der Waals surface area contributed by atoms with E-state index in [2.05, 4.69) is 4.72 Å². The standard InChI is InChI=1S/C13H22N2O4S2/c1-7-14-21(18,19)13-10(3)8-9(2)12(11(13)4)15(5)20(6,16)17/h8,14H,7H2,1-6H3. The van der Waals surface area contributed by atoms with Gasteiger partial charge in [0.25, 0.3) is 0 Å². The van der Waals surface area contributed by atoms with Crippen LogP contribution in [0.15, 0.2) is 11.0 Å². The zero-order valence-electron chi connectivity index (χ0n) is 13.2. The van der Waals surface area contributed by atoms with Gasteiger partial charge in [-0.05, 0) is 37.5 Å². The Kier molecular flexibility index (Phi) is 5.07. The number of benzene rings is 1. The van der Waals surface area contributed by atoms with Gasteiger partial charge in [-0.25, -0.2) is 21.6 Å². The third kappa shape index (κ3) is 3.56. The molecule has 0 atom stereocenters. The number of anilines is 1. The Hall–Kier alpha value is -1.12. The molecule has 6 nitrogen and oxygen atoms in total. The molecule has 0 aliphatic carbocycles. The average Bonchev–Trinajstić information content (AvgIpc) is 2.25. The minimum Gasteiger partial charge on any atom is -0.273 e. The second-order valence-electron chi connectivity index (χ2n) is 5.04. The van der Waals surface area contributed by atoms with E-state index in [-0.39, 0.29) is 11.4 Å². The molecule has 120 valence electrons. The van der Waals surface area contributed by atoms with Crippen LogP contribution in [0, 0.1) is 20.8 Å². The van der Waals surface area contributed by atoms with E-state index in [0.717, 1.165) is 10.6 Å². The molecule has 0 aliphatic heterocycles. The molecule has 1 aromatic rings. The molecule has 0 aromatic heterocycles. The van der Waals surface area contributed by atoms with Crippen molar-refractivity contribution in [2.75, 3.05) is 24.2 Å². The van der Waals surface area contributed by atoms with Crippen molar-refractivity contribution in [3.8, 4) is 0 Å². The van der Waals surface area contributed by atoms with Gasteiger partial charge < -0.3 is 0 Å². The van der Waals surface area contributed by atoms with E-state index in [1.807, 2.05) is 0 Å². The quantitative estimate of drug-likeness (QED) is 0.880. The summed E-state index contributed by atoms with van der Waals surface area (Å²) < 4.78 is 51.8. The third-order valence-corrected chi connectivity index (χ3v) is 6.29. The first-order valence-corrected chi connectivity index (χ1v) is 9.81. The van der Waals surface area contributed by atoms with E-state index in [1.165, 1.54) is 7.05 Å². The molecule has 0 saturated heterocycles. The Morgan fingerprint density at radius 3 is 2.05 bits per heavy atom. The molecular weight excluding hydrogens is 312 g/mol. The van der Waals surface area contributed by atoms with Crippen LogP contribution >= 0.6 is 0 Å². The summed E-state index contributed by atoms with van der Waals surface area (Å²) in [6, 6.07) is 1.69. The first-order valence-electron chi connectivity index (χ1n) is 6.47. The summed E-state index contributed by atoms with van der Waals surface area (Å²) in [6.45, 7) is 7.06. The molecular formula is C13H22N2O4S2. The van der Waals surface area contributed by atoms with Crippen molar-refractivity contribution in [3.63, 3.8) is 0 Å². The lowest BCUT2D eigenvalue weighted by Crippen LogP contribution is -2.29. The van der Waals surface area contributed by atoms with Gasteiger partial charge in [-0.3, -0.25) is 4.31 Å². The molecule has 0 radical (unpaired) electrons.